The Hall–Kier alpha value is -0.540. The van der Waals surface area contributed by atoms with Crippen molar-refractivity contribution in [3.05, 3.63) is 16.4 Å². The molecule has 4 heteroatoms. The van der Waals surface area contributed by atoms with Gasteiger partial charge in [-0.05, 0) is 32.1 Å². The summed E-state index contributed by atoms with van der Waals surface area (Å²) in [6, 6.07) is 0. The van der Waals surface area contributed by atoms with Crippen LogP contribution in [0.25, 0.3) is 0 Å². The smallest absolute Gasteiger partial charge is 0.0850 e. The lowest BCUT2D eigenvalue weighted by atomic mass is 9.73. The van der Waals surface area contributed by atoms with Gasteiger partial charge in [0.25, 0.3) is 0 Å². The molecule has 1 fully saturated rings. The van der Waals surface area contributed by atoms with Gasteiger partial charge in [-0.3, -0.25) is 4.68 Å². The highest BCUT2D eigenvalue weighted by Crippen LogP contribution is 2.36. The molecule has 1 saturated carbocycles. The van der Waals surface area contributed by atoms with Crippen molar-refractivity contribution < 1.29 is 0 Å². The fourth-order valence-corrected chi connectivity index (χ4v) is 3.89. The molecule has 2 N–H and O–H groups in total. The van der Waals surface area contributed by atoms with Gasteiger partial charge in [0.2, 0.25) is 0 Å². The molecule has 0 saturated heterocycles. The van der Waals surface area contributed by atoms with E-state index in [1.807, 2.05) is 4.68 Å². The minimum absolute atomic E-state index is 0.0967. The van der Waals surface area contributed by atoms with E-state index >= 15 is 0 Å². The second-order valence-electron chi connectivity index (χ2n) is 6.29. The zero-order valence-corrected chi connectivity index (χ0v) is 13.8. The van der Waals surface area contributed by atoms with Gasteiger partial charge >= 0.3 is 0 Å². The molecule has 2 atom stereocenters. The number of nitrogens with two attached hydrogens (primary N) is 1. The molecule has 2 unspecified atom stereocenters. The third-order valence-corrected chi connectivity index (χ3v) is 5.21. The van der Waals surface area contributed by atoms with Crippen molar-refractivity contribution in [3.63, 3.8) is 0 Å². The number of hydrogen-bond donors (Lipinski definition) is 1. The lowest BCUT2D eigenvalue weighted by molar-refractivity contribution is 0.215. The number of aromatic nitrogens is 2. The summed E-state index contributed by atoms with van der Waals surface area (Å²) in [5.41, 5.74) is 8.76. The Labute approximate surface area is 127 Å². The van der Waals surface area contributed by atoms with E-state index in [0.29, 0.717) is 0 Å². The van der Waals surface area contributed by atoms with E-state index in [-0.39, 0.29) is 5.54 Å². The molecule has 1 aromatic rings. The third kappa shape index (κ3) is 3.20. The normalized spacial score (nSPS) is 26.9. The van der Waals surface area contributed by atoms with Crippen molar-refractivity contribution in [3.8, 4) is 0 Å². The summed E-state index contributed by atoms with van der Waals surface area (Å²) in [4.78, 5) is 0. The lowest BCUT2D eigenvalue weighted by Gasteiger charge is -2.38. The summed E-state index contributed by atoms with van der Waals surface area (Å²) < 4.78 is 2.05. The molecule has 0 spiro atoms. The van der Waals surface area contributed by atoms with Crippen LogP contribution in [0.1, 0.15) is 64.3 Å². The van der Waals surface area contributed by atoms with Gasteiger partial charge in [0, 0.05) is 18.5 Å². The summed E-state index contributed by atoms with van der Waals surface area (Å²) in [6.07, 6.45) is 7.79. The van der Waals surface area contributed by atoms with Crippen molar-refractivity contribution >= 4 is 11.6 Å². The van der Waals surface area contributed by atoms with Crippen LogP contribution in [-0.2, 0) is 19.4 Å². The molecule has 0 amide bonds. The van der Waals surface area contributed by atoms with E-state index < -0.39 is 0 Å². The monoisotopic (exact) mass is 297 g/mol. The summed E-state index contributed by atoms with van der Waals surface area (Å²) in [6.45, 7) is 7.35. The average molecular weight is 298 g/mol. The van der Waals surface area contributed by atoms with E-state index in [4.69, 9.17) is 17.3 Å². The van der Waals surface area contributed by atoms with Crippen molar-refractivity contribution in [2.75, 3.05) is 0 Å². The van der Waals surface area contributed by atoms with Crippen LogP contribution in [0.15, 0.2) is 0 Å². The Morgan fingerprint density at radius 2 is 2.15 bits per heavy atom. The zero-order valence-electron chi connectivity index (χ0n) is 13.1. The number of aryl methyl sites for hydroxylation is 2. The van der Waals surface area contributed by atoms with Gasteiger partial charge in [-0.1, -0.05) is 44.7 Å². The Morgan fingerprint density at radius 1 is 1.40 bits per heavy atom. The van der Waals surface area contributed by atoms with E-state index in [9.17, 15) is 0 Å². The average Bonchev–Trinajstić information content (AvgIpc) is 2.74. The molecule has 1 aliphatic carbocycles. The van der Waals surface area contributed by atoms with Gasteiger partial charge in [-0.25, -0.2) is 0 Å². The van der Waals surface area contributed by atoms with E-state index in [1.165, 1.54) is 19.3 Å². The molecule has 20 heavy (non-hydrogen) atoms. The van der Waals surface area contributed by atoms with Crippen LogP contribution in [0.3, 0.4) is 0 Å². The van der Waals surface area contributed by atoms with E-state index in [0.717, 1.165) is 54.6 Å². The molecule has 0 aromatic carbocycles. The maximum absolute atomic E-state index is 6.70. The number of halogens is 1. The highest BCUT2D eigenvalue weighted by atomic mass is 35.5. The number of hydrogen-bond acceptors (Lipinski definition) is 2. The van der Waals surface area contributed by atoms with Crippen molar-refractivity contribution in [1.82, 2.24) is 9.78 Å². The zero-order chi connectivity index (χ0) is 14.8. The fraction of sp³-hybridized carbons (Fsp3) is 0.812. The van der Waals surface area contributed by atoms with Crippen molar-refractivity contribution in [1.29, 1.82) is 0 Å². The summed E-state index contributed by atoms with van der Waals surface area (Å²) in [5.74, 6) is 0.774. The molecule has 1 aromatic heterocycles. The van der Waals surface area contributed by atoms with Gasteiger partial charge in [-0.15, -0.1) is 0 Å². The van der Waals surface area contributed by atoms with E-state index in [1.54, 1.807) is 0 Å². The van der Waals surface area contributed by atoms with Crippen molar-refractivity contribution in [2.45, 2.75) is 77.8 Å². The molecule has 1 heterocycles. The minimum Gasteiger partial charge on any atom is -0.325 e. The van der Waals surface area contributed by atoms with Gasteiger partial charge in [0.15, 0.2) is 0 Å². The second-order valence-corrected chi connectivity index (χ2v) is 6.66. The Kier molecular flexibility index (Phi) is 5.14. The van der Waals surface area contributed by atoms with Crippen LogP contribution in [0, 0.1) is 5.92 Å². The Bertz CT molecular complexity index is 455. The molecule has 0 bridgehead atoms. The molecule has 0 radical (unpaired) electrons. The first-order valence-corrected chi connectivity index (χ1v) is 8.43. The fourth-order valence-electron chi connectivity index (χ4n) is 3.55. The maximum Gasteiger partial charge on any atom is 0.0850 e. The lowest BCUT2D eigenvalue weighted by Crippen LogP contribution is -2.46. The van der Waals surface area contributed by atoms with Crippen LogP contribution >= 0.6 is 11.6 Å². The summed E-state index contributed by atoms with van der Waals surface area (Å²) in [5, 5.41) is 5.46. The molecule has 2 rings (SSSR count). The molecular formula is C16H28ClN3. The Balaban J connectivity index is 2.22. The third-order valence-electron chi connectivity index (χ3n) is 4.77. The number of rotatable bonds is 5. The predicted molar refractivity (Wildman–Crippen MR) is 85.2 cm³/mol. The highest BCUT2D eigenvalue weighted by Gasteiger charge is 2.34. The molecule has 114 valence electrons. The van der Waals surface area contributed by atoms with Crippen LogP contribution in [-0.4, -0.2) is 15.3 Å². The Morgan fingerprint density at radius 3 is 2.75 bits per heavy atom. The predicted octanol–water partition coefficient (Wildman–Crippen LogP) is 3.96. The topological polar surface area (TPSA) is 43.8 Å². The molecule has 0 aliphatic heterocycles. The van der Waals surface area contributed by atoms with Gasteiger partial charge in [-0.2, -0.15) is 5.10 Å². The summed E-state index contributed by atoms with van der Waals surface area (Å²) >= 11 is 6.52. The molecule has 3 nitrogen and oxygen atoms in total. The van der Waals surface area contributed by atoms with Crippen molar-refractivity contribution in [2.24, 2.45) is 11.7 Å². The summed E-state index contributed by atoms with van der Waals surface area (Å²) in [7, 11) is 0. The largest absolute Gasteiger partial charge is 0.325 e. The first-order valence-electron chi connectivity index (χ1n) is 8.05. The van der Waals surface area contributed by atoms with Crippen LogP contribution in [0.2, 0.25) is 5.02 Å². The van der Waals surface area contributed by atoms with Gasteiger partial charge in [0.05, 0.1) is 16.4 Å². The van der Waals surface area contributed by atoms with Gasteiger partial charge in [0.1, 0.15) is 0 Å². The molecule has 1 aliphatic rings. The first-order chi connectivity index (χ1) is 9.53. The minimum atomic E-state index is -0.0967. The standard InChI is InChI=1S/C16H28ClN3/c1-4-12-8-7-9-16(18,10-12)11-14-15(17)13(5-2)19-20(14)6-3/h12H,4-11,18H2,1-3H3. The van der Waals surface area contributed by atoms with Crippen LogP contribution in [0.4, 0.5) is 0 Å². The SMILES string of the molecule is CCc1nn(CC)c(CC2(N)CCCC(CC)C2)c1Cl. The number of nitrogens with zero attached hydrogens (tertiary/aromatic N) is 2. The molecular weight excluding hydrogens is 270 g/mol. The van der Waals surface area contributed by atoms with Crippen LogP contribution in [0.5, 0.6) is 0 Å². The van der Waals surface area contributed by atoms with E-state index in [2.05, 4.69) is 25.9 Å². The quantitative estimate of drug-likeness (QED) is 0.894. The van der Waals surface area contributed by atoms with Gasteiger partial charge < -0.3 is 5.73 Å². The first kappa shape index (κ1) is 15.8. The second kappa shape index (κ2) is 6.48. The highest BCUT2D eigenvalue weighted by molar-refractivity contribution is 6.31. The van der Waals surface area contributed by atoms with Crippen LogP contribution < -0.4 is 5.73 Å². The maximum atomic E-state index is 6.70.